The Labute approximate surface area is 106 Å². The Morgan fingerprint density at radius 3 is 3.17 bits per heavy atom. The maximum atomic E-state index is 11.3. The van der Waals surface area contributed by atoms with Gasteiger partial charge in [0.2, 0.25) is 0 Å². The van der Waals surface area contributed by atoms with Crippen molar-refractivity contribution < 1.29 is 14.6 Å². The molecule has 1 fully saturated rings. The van der Waals surface area contributed by atoms with Crippen LogP contribution in [0.4, 0.5) is 0 Å². The average molecular weight is 250 g/mol. The molecule has 0 spiro atoms. The van der Waals surface area contributed by atoms with E-state index in [2.05, 4.69) is 10.3 Å². The third-order valence-corrected chi connectivity index (χ3v) is 3.21. The van der Waals surface area contributed by atoms with Crippen LogP contribution in [0.25, 0.3) is 0 Å². The number of hydrogen-bond donors (Lipinski definition) is 2. The molecule has 1 aromatic rings. The van der Waals surface area contributed by atoms with Gasteiger partial charge in [-0.1, -0.05) is 0 Å². The van der Waals surface area contributed by atoms with Gasteiger partial charge in [-0.2, -0.15) is 0 Å². The molecule has 5 heteroatoms. The number of carboxylic acid groups (broad SMARTS) is 1. The van der Waals surface area contributed by atoms with Crippen molar-refractivity contribution in [3.63, 3.8) is 0 Å². The molecule has 0 bridgehead atoms. The van der Waals surface area contributed by atoms with Gasteiger partial charge in [-0.15, -0.1) is 0 Å². The predicted molar refractivity (Wildman–Crippen MR) is 66.3 cm³/mol. The van der Waals surface area contributed by atoms with Crippen molar-refractivity contribution in [1.82, 2.24) is 10.3 Å². The molecule has 0 aromatic carbocycles. The van der Waals surface area contributed by atoms with Crippen LogP contribution in [-0.2, 0) is 9.53 Å². The third-order valence-electron chi connectivity index (χ3n) is 3.21. The molecular weight excluding hydrogens is 232 g/mol. The van der Waals surface area contributed by atoms with Gasteiger partial charge in [0, 0.05) is 31.1 Å². The van der Waals surface area contributed by atoms with Gasteiger partial charge in [-0.25, -0.2) is 0 Å². The third kappa shape index (κ3) is 3.05. The zero-order chi connectivity index (χ0) is 13.0. The number of rotatable bonds is 5. The van der Waals surface area contributed by atoms with E-state index in [1.807, 2.05) is 13.0 Å². The molecule has 1 aliphatic rings. The lowest BCUT2D eigenvalue weighted by atomic mass is 10.0. The van der Waals surface area contributed by atoms with Crippen LogP contribution in [0.3, 0.4) is 0 Å². The Hall–Kier alpha value is -1.46. The molecule has 1 saturated heterocycles. The molecular formula is C13H18N2O3. The number of aromatic nitrogens is 1. The summed E-state index contributed by atoms with van der Waals surface area (Å²) in [4.78, 5) is 15.3. The van der Waals surface area contributed by atoms with E-state index < -0.39 is 12.0 Å². The Morgan fingerprint density at radius 1 is 1.72 bits per heavy atom. The summed E-state index contributed by atoms with van der Waals surface area (Å²) in [5, 5.41) is 12.3. The van der Waals surface area contributed by atoms with Crippen molar-refractivity contribution in [2.24, 2.45) is 0 Å². The Bertz CT molecular complexity index is 416. The highest BCUT2D eigenvalue weighted by Crippen LogP contribution is 2.18. The van der Waals surface area contributed by atoms with E-state index in [1.54, 1.807) is 12.4 Å². The smallest absolute Gasteiger partial charge is 0.325 e. The molecule has 0 amide bonds. The van der Waals surface area contributed by atoms with Crippen molar-refractivity contribution in [3.05, 3.63) is 29.6 Å². The number of aliphatic carboxylic acids is 1. The predicted octanol–water partition coefficient (Wildman–Crippen LogP) is 1.28. The molecule has 2 N–H and O–H groups in total. The van der Waals surface area contributed by atoms with Crippen molar-refractivity contribution in [2.75, 3.05) is 13.2 Å². The van der Waals surface area contributed by atoms with E-state index in [-0.39, 0.29) is 6.10 Å². The molecule has 0 aliphatic carbocycles. The summed E-state index contributed by atoms with van der Waals surface area (Å²) in [7, 11) is 0. The molecule has 0 saturated carbocycles. The monoisotopic (exact) mass is 250 g/mol. The summed E-state index contributed by atoms with van der Waals surface area (Å²) >= 11 is 0. The van der Waals surface area contributed by atoms with Crippen LogP contribution >= 0.6 is 0 Å². The first kappa shape index (κ1) is 13.0. The molecule has 18 heavy (non-hydrogen) atoms. The molecule has 5 nitrogen and oxygen atoms in total. The fourth-order valence-corrected chi connectivity index (χ4v) is 2.16. The number of aryl methyl sites for hydroxylation is 1. The van der Waals surface area contributed by atoms with Gasteiger partial charge in [0.05, 0.1) is 6.10 Å². The maximum Gasteiger partial charge on any atom is 0.325 e. The molecule has 1 aromatic heterocycles. The summed E-state index contributed by atoms with van der Waals surface area (Å²) in [5.74, 6) is -0.885. The van der Waals surface area contributed by atoms with Crippen LogP contribution in [0.2, 0.25) is 0 Å². The van der Waals surface area contributed by atoms with Crippen LogP contribution < -0.4 is 5.32 Å². The van der Waals surface area contributed by atoms with Crippen LogP contribution in [0, 0.1) is 6.92 Å². The summed E-state index contributed by atoms with van der Waals surface area (Å²) in [6.07, 6.45) is 5.44. The van der Waals surface area contributed by atoms with Gasteiger partial charge in [-0.05, 0) is 31.4 Å². The second kappa shape index (κ2) is 5.93. The average Bonchev–Trinajstić information content (AvgIpc) is 2.84. The standard InChI is InChI=1S/C13H18N2O3/c1-9-4-5-14-8-11(9)12(13(16)17)15-7-10-3-2-6-18-10/h4-5,8,10,12,15H,2-3,6-7H2,1H3,(H,16,17). The molecule has 2 heterocycles. The van der Waals surface area contributed by atoms with Crippen molar-refractivity contribution in [3.8, 4) is 0 Å². The molecule has 1 aliphatic heterocycles. The molecule has 98 valence electrons. The Morgan fingerprint density at radius 2 is 2.56 bits per heavy atom. The SMILES string of the molecule is Cc1ccncc1C(NCC1CCCO1)C(=O)O. The van der Waals surface area contributed by atoms with Crippen LogP contribution in [-0.4, -0.2) is 35.3 Å². The largest absolute Gasteiger partial charge is 0.480 e. The number of carbonyl (C=O) groups is 1. The highest BCUT2D eigenvalue weighted by Gasteiger charge is 2.24. The maximum absolute atomic E-state index is 11.3. The number of carboxylic acids is 1. The van der Waals surface area contributed by atoms with Gasteiger partial charge >= 0.3 is 5.97 Å². The highest BCUT2D eigenvalue weighted by atomic mass is 16.5. The number of pyridine rings is 1. The first-order valence-corrected chi connectivity index (χ1v) is 6.17. The first-order chi connectivity index (χ1) is 8.68. The Balaban J connectivity index is 2.04. The van der Waals surface area contributed by atoms with Crippen LogP contribution in [0.5, 0.6) is 0 Å². The van der Waals surface area contributed by atoms with E-state index >= 15 is 0 Å². The minimum Gasteiger partial charge on any atom is -0.480 e. The summed E-state index contributed by atoms with van der Waals surface area (Å²) in [6.45, 7) is 3.22. The van der Waals surface area contributed by atoms with Gasteiger partial charge in [-0.3, -0.25) is 15.1 Å². The van der Waals surface area contributed by atoms with Gasteiger partial charge < -0.3 is 9.84 Å². The van der Waals surface area contributed by atoms with Gasteiger partial charge in [0.25, 0.3) is 0 Å². The molecule has 0 radical (unpaired) electrons. The van der Waals surface area contributed by atoms with E-state index in [9.17, 15) is 9.90 Å². The fourth-order valence-electron chi connectivity index (χ4n) is 2.16. The van der Waals surface area contributed by atoms with Crippen molar-refractivity contribution in [2.45, 2.75) is 31.9 Å². The first-order valence-electron chi connectivity index (χ1n) is 6.17. The van der Waals surface area contributed by atoms with Gasteiger partial charge in [0.1, 0.15) is 6.04 Å². The zero-order valence-corrected chi connectivity index (χ0v) is 10.4. The normalized spacial score (nSPS) is 20.8. The topological polar surface area (TPSA) is 71.5 Å². The lowest BCUT2D eigenvalue weighted by Crippen LogP contribution is -2.34. The van der Waals surface area contributed by atoms with Crippen molar-refractivity contribution in [1.29, 1.82) is 0 Å². The van der Waals surface area contributed by atoms with E-state index in [0.29, 0.717) is 12.1 Å². The quantitative estimate of drug-likeness (QED) is 0.823. The van der Waals surface area contributed by atoms with Crippen LogP contribution in [0.1, 0.15) is 30.0 Å². The fraction of sp³-hybridized carbons (Fsp3) is 0.538. The Kier molecular flexibility index (Phi) is 4.28. The molecule has 2 atom stereocenters. The van der Waals surface area contributed by atoms with Crippen LogP contribution in [0.15, 0.2) is 18.5 Å². The summed E-state index contributed by atoms with van der Waals surface area (Å²) < 4.78 is 5.48. The lowest BCUT2D eigenvalue weighted by molar-refractivity contribution is -0.139. The number of nitrogens with zero attached hydrogens (tertiary/aromatic N) is 1. The van der Waals surface area contributed by atoms with Gasteiger partial charge in [0.15, 0.2) is 0 Å². The molecule has 2 unspecified atom stereocenters. The second-order valence-corrected chi connectivity index (χ2v) is 4.55. The number of nitrogens with one attached hydrogen (secondary N) is 1. The lowest BCUT2D eigenvalue weighted by Gasteiger charge is -2.18. The van der Waals surface area contributed by atoms with E-state index in [1.165, 1.54) is 0 Å². The minimum absolute atomic E-state index is 0.129. The van der Waals surface area contributed by atoms with E-state index in [0.717, 1.165) is 25.0 Å². The molecule has 2 rings (SSSR count). The summed E-state index contributed by atoms with van der Waals surface area (Å²) in [5.41, 5.74) is 1.64. The van der Waals surface area contributed by atoms with Crippen molar-refractivity contribution >= 4 is 5.97 Å². The second-order valence-electron chi connectivity index (χ2n) is 4.55. The number of ether oxygens (including phenoxy) is 1. The number of hydrogen-bond acceptors (Lipinski definition) is 4. The summed E-state index contributed by atoms with van der Waals surface area (Å²) in [6, 6.07) is 1.10. The zero-order valence-electron chi connectivity index (χ0n) is 10.4. The highest BCUT2D eigenvalue weighted by molar-refractivity contribution is 5.75. The van der Waals surface area contributed by atoms with E-state index in [4.69, 9.17) is 4.74 Å². The minimum atomic E-state index is -0.885.